The first kappa shape index (κ1) is 19.9. The summed E-state index contributed by atoms with van der Waals surface area (Å²) in [6.07, 6.45) is 1.95. The molecule has 0 aliphatic heterocycles. The lowest BCUT2D eigenvalue weighted by atomic mass is 10.1. The van der Waals surface area contributed by atoms with Crippen molar-refractivity contribution < 1.29 is 4.74 Å². The zero-order valence-corrected chi connectivity index (χ0v) is 17.5. The molecule has 0 unspecified atom stereocenters. The molecule has 2 aromatic carbocycles. The van der Waals surface area contributed by atoms with E-state index < -0.39 is 0 Å². The van der Waals surface area contributed by atoms with Gasteiger partial charge in [-0.1, -0.05) is 0 Å². The minimum absolute atomic E-state index is 0.393. The fraction of sp³-hybridized carbons (Fsp3) is 0.167. The summed E-state index contributed by atoms with van der Waals surface area (Å²) in [7, 11) is 0. The number of hydrogen-bond acceptors (Lipinski definition) is 6. The van der Waals surface area contributed by atoms with E-state index >= 15 is 0 Å². The highest BCUT2D eigenvalue weighted by Crippen LogP contribution is 2.34. The molecule has 4 rings (SSSR count). The molecule has 0 spiro atoms. The number of ether oxygens (including phenoxy) is 1. The first-order valence-corrected chi connectivity index (χ1v) is 9.85. The number of aromatic nitrogens is 3. The van der Waals surface area contributed by atoms with Gasteiger partial charge in [-0.15, -0.1) is 0 Å². The summed E-state index contributed by atoms with van der Waals surface area (Å²) in [5.41, 5.74) is 4.42. The van der Waals surface area contributed by atoms with Gasteiger partial charge in [0.15, 0.2) is 0 Å². The van der Waals surface area contributed by atoms with Crippen LogP contribution in [0.1, 0.15) is 29.2 Å². The van der Waals surface area contributed by atoms with E-state index in [4.69, 9.17) is 10.00 Å². The van der Waals surface area contributed by atoms with Gasteiger partial charge in [0.2, 0.25) is 11.8 Å². The summed E-state index contributed by atoms with van der Waals surface area (Å²) in [4.78, 5) is 9.29. The largest absolute Gasteiger partial charge is 0.438 e. The Bertz CT molecular complexity index is 1330. The molecule has 0 aliphatic carbocycles. The number of fused-ring (bicyclic) bond motifs is 1. The van der Waals surface area contributed by atoms with E-state index in [1.54, 1.807) is 36.4 Å². The number of nitrogens with zero attached hydrogens (tertiary/aromatic N) is 5. The van der Waals surface area contributed by atoms with Gasteiger partial charge in [0.25, 0.3) is 0 Å². The van der Waals surface area contributed by atoms with Crippen LogP contribution in [0.3, 0.4) is 0 Å². The van der Waals surface area contributed by atoms with Crippen molar-refractivity contribution in [3.63, 3.8) is 0 Å². The summed E-state index contributed by atoms with van der Waals surface area (Å²) < 4.78 is 8.29. The number of nitriles is 2. The third-order valence-corrected chi connectivity index (χ3v) is 4.98. The third kappa shape index (κ3) is 3.90. The predicted octanol–water partition coefficient (Wildman–Crippen LogP) is 5.35. The van der Waals surface area contributed by atoms with Crippen molar-refractivity contribution in [3.8, 4) is 23.8 Å². The van der Waals surface area contributed by atoms with Crippen LogP contribution < -0.4 is 10.1 Å². The molecule has 1 N–H and O–H groups in total. The van der Waals surface area contributed by atoms with Crippen molar-refractivity contribution >= 4 is 22.7 Å². The number of nitrogens with one attached hydrogen (secondary N) is 1. The maximum absolute atomic E-state index is 9.21. The molecule has 2 heterocycles. The van der Waals surface area contributed by atoms with Gasteiger partial charge in [0, 0.05) is 18.4 Å². The molecule has 7 nitrogen and oxygen atoms in total. The molecule has 0 bridgehead atoms. The van der Waals surface area contributed by atoms with Gasteiger partial charge in [0.1, 0.15) is 11.4 Å². The van der Waals surface area contributed by atoms with Crippen molar-refractivity contribution in [1.29, 1.82) is 10.5 Å². The summed E-state index contributed by atoms with van der Waals surface area (Å²) in [6.45, 7) is 6.62. The van der Waals surface area contributed by atoms with E-state index in [1.165, 1.54) is 0 Å². The lowest BCUT2D eigenvalue weighted by Crippen LogP contribution is -2.03. The molecule has 7 heteroatoms. The molecule has 2 aromatic heterocycles. The van der Waals surface area contributed by atoms with E-state index in [1.807, 2.05) is 37.6 Å². The normalized spacial score (nSPS) is 10.5. The second-order valence-electron chi connectivity index (χ2n) is 7.16. The molecule has 4 aromatic rings. The van der Waals surface area contributed by atoms with Gasteiger partial charge in [0.05, 0.1) is 28.7 Å². The molecule has 31 heavy (non-hydrogen) atoms. The molecule has 0 fully saturated rings. The Kier molecular flexibility index (Phi) is 5.26. The van der Waals surface area contributed by atoms with E-state index in [9.17, 15) is 5.26 Å². The Morgan fingerprint density at radius 1 is 0.968 bits per heavy atom. The van der Waals surface area contributed by atoms with E-state index in [0.29, 0.717) is 28.7 Å². The Hall–Kier alpha value is -4.36. The monoisotopic (exact) mass is 408 g/mol. The summed E-state index contributed by atoms with van der Waals surface area (Å²) in [6, 6.07) is 16.9. The highest BCUT2D eigenvalue weighted by atomic mass is 16.5. The summed E-state index contributed by atoms with van der Waals surface area (Å²) in [5, 5.41) is 22.2. The minimum atomic E-state index is 0.393. The number of benzene rings is 2. The molecule has 152 valence electrons. The van der Waals surface area contributed by atoms with Gasteiger partial charge in [-0.05, 0) is 74.4 Å². The average Bonchev–Trinajstić information content (AvgIpc) is 3.19. The minimum Gasteiger partial charge on any atom is -0.438 e. The molecule has 0 saturated carbocycles. The highest BCUT2D eigenvalue weighted by molar-refractivity contribution is 5.83. The average molecular weight is 408 g/mol. The molecule has 0 amide bonds. The highest BCUT2D eigenvalue weighted by Gasteiger charge is 2.16. The number of hydrogen-bond donors (Lipinski definition) is 1. The van der Waals surface area contributed by atoms with E-state index in [-0.39, 0.29) is 0 Å². The lowest BCUT2D eigenvalue weighted by molar-refractivity contribution is 0.462. The number of rotatable bonds is 5. The summed E-state index contributed by atoms with van der Waals surface area (Å²) in [5.74, 6) is 1.50. The standard InChI is InChI=1S/C24H20N6O/c1-4-30-10-9-20-22(30)28-24(27-19-7-5-17(13-25)6-8-19)29-23(20)31-21-15(2)11-18(14-26)12-16(21)3/h5-12H,4H2,1-3H3,(H,27,28,29). The summed E-state index contributed by atoms with van der Waals surface area (Å²) >= 11 is 0. The van der Waals surface area contributed by atoms with Crippen LogP contribution in [-0.4, -0.2) is 14.5 Å². The molecule has 0 radical (unpaired) electrons. The third-order valence-electron chi connectivity index (χ3n) is 4.98. The first-order valence-electron chi connectivity index (χ1n) is 9.85. The molecule has 0 aliphatic rings. The van der Waals surface area contributed by atoms with Crippen LogP contribution in [0.5, 0.6) is 11.6 Å². The zero-order valence-electron chi connectivity index (χ0n) is 17.5. The van der Waals surface area contributed by atoms with Crippen molar-refractivity contribution in [2.75, 3.05) is 5.32 Å². The number of anilines is 2. The number of aryl methyl sites for hydroxylation is 3. The second kappa shape index (κ2) is 8.17. The van der Waals surface area contributed by atoms with Crippen LogP contribution in [-0.2, 0) is 6.54 Å². The smallest absolute Gasteiger partial charge is 0.233 e. The van der Waals surface area contributed by atoms with Crippen molar-refractivity contribution in [3.05, 3.63) is 70.9 Å². The fourth-order valence-corrected chi connectivity index (χ4v) is 3.46. The van der Waals surface area contributed by atoms with Crippen molar-refractivity contribution in [1.82, 2.24) is 14.5 Å². The Morgan fingerprint density at radius 3 is 2.26 bits per heavy atom. The maximum Gasteiger partial charge on any atom is 0.233 e. The van der Waals surface area contributed by atoms with Crippen LogP contribution in [0.25, 0.3) is 11.0 Å². The molecular weight excluding hydrogens is 388 g/mol. The van der Waals surface area contributed by atoms with Crippen LogP contribution in [0, 0.1) is 36.5 Å². The second-order valence-corrected chi connectivity index (χ2v) is 7.16. The van der Waals surface area contributed by atoms with E-state index in [0.717, 1.165) is 34.4 Å². The Labute approximate surface area is 180 Å². The topological polar surface area (TPSA) is 99.5 Å². The molecule has 0 saturated heterocycles. The first-order chi connectivity index (χ1) is 15.0. The van der Waals surface area contributed by atoms with Crippen LogP contribution in [0.4, 0.5) is 11.6 Å². The van der Waals surface area contributed by atoms with Crippen molar-refractivity contribution in [2.45, 2.75) is 27.3 Å². The van der Waals surface area contributed by atoms with Crippen LogP contribution in [0.15, 0.2) is 48.7 Å². The van der Waals surface area contributed by atoms with Gasteiger partial charge >= 0.3 is 0 Å². The Morgan fingerprint density at radius 2 is 1.65 bits per heavy atom. The van der Waals surface area contributed by atoms with Gasteiger partial charge in [-0.3, -0.25) is 0 Å². The maximum atomic E-state index is 9.21. The van der Waals surface area contributed by atoms with Crippen LogP contribution >= 0.6 is 0 Å². The SMILES string of the molecule is CCn1ccc2c(Oc3c(C)cc(C#N)cc3C)nc(Nc3ccc(C#N)cc3)nc21. The molecular formula is C24H20N6O. The van der Waals surface area contributed by atoms with Gasteiger partial charge in [-0.25, -0.2) is 0 Å². The zero-order chi connectivity index (χ0) is 22.0. The van der Waals surface area contributed by atoms with E-state index in [2.05, 4.69) is 27.4 Å². The van der Waals surface area contributed by atoms with Crippen molar-refractivity contribution in [2.24, 2.45) is 0 Å². The lowest BCUT2D eigenvalue weighted by Gasteiger charge is -2.14. The molecule has 0 atom stereocenters. The van der Waals surface area contributed by atoms with Gasteiger partial charge < -0.3 is 14.6 Å². The Balaban J connectivity index is 1.78. The van der Waals surface area contributed by atoms with Gasteiger partial charge in [-0.2, -0.15) is 20.5 Å². The van der Waals surface area contributed by atoms with Crippen LogP contribution in [0.2, 0.25) is 0 Å². The quantitative estimate of drug-likeness (QED) is 0.478. The predicted molar refractivity (Wildman–Crippen MR) is 118 cm³/mol. The fourth-order valence-electron chi connectivity index (χ4n) is 3.46.